The zero-order valence-corrected chi connectivity index (χ0v) is 14.9. The van der Waals surface area contributed by atoms with E-state index in [0.29, 0.717) is 6.04 Å². The standard InChI is InChI=1S/C21H21N5O/c1-2-15(22-10-1)12-21-24-19-8-7-17(13-20(19)25-21)27-16-5-3-14(4-6-16)18-9-11-23-26-18/h3-9,11,13,15,22H,1-2,10,12H2,(H,23,26)(H,24,25). The number of aromatic nitrogens is 4. The lowest BCUT2D eigenvalue weighted by Crippen LogP contribution is -2.24. The SMILES string of the molecule is c1cc(-c2ccc(Oc3ccc4nc(CC5CCCN5)[nH]c4c3)cc2)[nH]n1. The van der Waals surface area contributed by atoms with Gasteiger partial charge in [0.1, 0.15) is 17.3 Å². The highest BCUT2D eigenvalue weighted by Gasteiger charge is 2.16. The second-order valence-electron chi connectivity index (χ2n) is 6.96. The minimum Gasteiger partial charge on any atom is -0.457 e. The van der Waals surface area contributed by atoms with Crippen LogP contribution in [0.4, 0.5) is 0 Å². The van der Waals surface area contributed by atoms with Crippen molar-refractivity contribution in [1.82, 2.24) is 25.5 Å². The van der Waals surface area contributed by atoms with Crippen LogP contribution >= 0.6 is 0 Å². The van der Waals surface area contributed by atoms with Crippen molar-refractivity contribution in [2.45, 2.75) is 25.3 Å². The van der Waals surface area contributed by atoms with Crippen LogP contribution in [-0.2, 0) is 6.42 Å². The van der Waals surface area contributed by atoms with E-state index in [0.717, 1.165) is 52.6 Å². The first-order chi connectivity index (χ1) is 13.3. The Morgan fingerprint density at radius 1 is 1.04 bits per heavy atom. The van der Waals surface area contributed by atoms with Gasteiger partial charge in [-0.05, 0) is 67.4 Å². The number of nitrogens with one attached hydrogen (secondary N) is 3. The number of benzene rings is 2. The van der Waals surface area contributed by atoms with E-state index in [1.807, 2.05) is 48.5 Å². The molecule has 6 heteroatoms. The third-order valence-corrected chi connectivity index (χ3v) is 5.01. The third-order valence-electron chi connectivity index (χ3n) is 5.01. The molecule has 1 aliphatic heterocycles. The van der Waals surface area contributed by atoms with Gasteiger partial charge >= 0.3 is 0 Å². The lowest BCUT2D eigenvalue weighted by molar-refractivity contribution is 0.483. The van der Waals surface area contributed by atoms with Crippen LogP contribution in [0.2, 0.25) is 0 Å². The van der Waals surface area contributed by atoms with Gasteiger partial charge in [0.25, 0.3) is 0 Å². The molecular weight excluding hydrogens is 338 g/mol. The summed E-state index contributed by atoms with van der Waals surface area (Å²) in [7, 11) is 0. The highest BCUT2D eigenvalue weighted by Crippen LogP contribution is 2.27. The number of rotatable bonds is 5. The lowest BCUT2D eigenvalue weighted by Gasteiger charge is -2.06. The maximum absolute atomic E-state index is 6.02. The van der Waals surface area contributed by atoms with Crippen molar-refractivity contribution < 1.29 is 4.74 Å². The molecule has 1 atom stereocenters. The molecule has 27 heavy (non-hydrogen) atoms. The summed E-state index contributed by atoms with van der Waals surface area (Å²) in [6.07, 6.45) is 5.17. The van der Waals surface area contributed by atoms with Crippen molar-refractivity contribution in [1.29, 1.82) is 0 Å². The first-order valence-electron chi connectivity index (χ1n) is 9.33. The van der Waals surface area contributed by atoms with Crippen molar-refractivity contribution in [3.8, 4) is 22.8 Å². The maximum Gasteiger partial charge on any atom is 0.129 e. The van der Waals surface area contributed by atoms with Gasteiger partial charge in [0, 0.05) is 24.7 Å². The number of hydrogen-bond donors (Lipinski definition) is 3. The third kappa shape index (κ3) is 3.44. The predicted molar refractivity (Wildman–Crippen MR) is 105 cm³/mol. The molecule has 136 valence electrons. The summed E-state index contributed by atoms with van der Waals surface area (Å²) in [4.78, 5) is 8.14. The van der Waals surface area contributed by atoms with Crippen molar-refractivity contribution in [2.75, 3.05) is 6.54 Å². The zero-order chi connectivity index (χ0) is 18.1. The van der Waals surface area contributed by atoms with Crippen LogP contribution in [0.15, 0.2) is 54.7 Å². The molecule has 6 nitrogen and oxygen atoms in total. The highest BCUT2D eigenvalue weighted by molar-refractivity contribution is 5.77. The number of imidazole rings is 1. The fourth-order valence-corrected chi connectivity index (χ4v) is 3.62. The molecule has 1 fully saturated rings. The van der Waals surface area contributed by atoms with Gasteiger partial charge in [-0.2, -0.15) is 5.10 Å². The van der Waals surface area contributed by atoms with Crippen LogP contribution in [0.3, 0.4) is 0 Å². The summed E-state index contributed by atoms with van der Waals surface area (Å²) < 4.78 is 6.02. The molecule has 3 N–H and O–H groups in total. The van der Waals surface area contributed by atoms with Crippen LogP contribution in [0.25, 0.3) is 22.3 Å². The van der Waals surface area contributed by atoms with Crippen LogP contribution in [0.1, 0.15) is 18.7 Å². The fraction of sp³-hybridized carbons (Fsp3) is 0.238. The summed E-state index contributed by atoms with van der Waals surface area (Å²) >= 11 is 0. The Hall–Kier alpha value is -3.12. The summed E-state index contributed by atoms with van der Waals surface area (Å²) in [5, 5.41) is 10.5. The molecule has 2 aromatic heterocycles. The molecule has 0 aliphatic carbocycles. The molecular formula is C21H21N5O. The number of H-pyrrole nitrogens is 2. The Morgan fingerprint density at radius 2 is 1.93 bits per heavy atom. The van der Waals surface area contributed by atoms with Gasteiger partial charge in [-0.1, -0.05) is 0 Å². The maximum atomic E-state index is 6.02. The Balaban J connectivity index is 1.32. The molecule has 0 radical (unpaired) electrons. The van der Waals surface area contributed by atoms with Crippen LogP contribution < -0.4 is 10.1 Å². The normalized spacial score (nSPS) is 16.8. The van der Waals surface area contributed by atoms with Gasteiger partial charge in [0.2, 0.25) is 0 Å². The highest BCUT2D eigenvalue weighted by atomic mass is 16.5. The van der Waals surface area contributed by atoms with E-state index in [-0.39, 0.29) is 0 Å². The summed E-state index contributed by atoms with van der Waals surface area (Å²) in [6, 6.07) is 16.4. The topological polar surface area (TPSA) is 78.6 Å². The Labute approximate surface area is 157 Å². The number of ether oxygens (including phenoxy) is 1. The number of nitrogens with zero attached hydrogens (tertiary/aromatic N) is 2. The van der Waals surface area contributed by atoms with Crippen molar-refractivity contribution in [3.05, 3.63) is 60.6 Å². The lowest BCUT2D eigenvalue weighted by atomic mass is 10.1. The van der Waals surface area contributed by atoms with Crippen LogP contribution in [0, 0.1) is 0 Å². The van der Waals surface area contributed by atoms with E-state index in [2.05, 4.69) is 20.5 Å². The average molecular weight is 359 g/mol. The molecule has 0 amide bonds. The minimum absolute atomic E-state index is 0.537. The molecule has 2 aromatic carbocycles. The molecule has 0 saturated carbocycles. The number of hydrogen-bond acceptors (Lipinski definition) is 4. The smallest absolute Gasteiger partial charge is 0.129 e. The second kappa shape index (κ2) is 6.89. The van der Waals surface area contributed by atoms with Crippen molar-refractivity contribution in [3.63, 3.8) is 0 Å². The molecule has 0 bridgehead atoms. The Morgan fingerprint density at radius 3 is 2.70 bits per heavy atom. The van der Waals surface area contributed by atoms with Gasteiger partial charge in [0.05, 0.1) is 16.7 Å². The van der Waals surface area contributed by atoms with Gasteiger partial charge in [-0.3, -0.25) is 5.10 Å². The molecule has 0 spiro atoms. The van der Waals surface area contributed by atoms with E-state index in [1.165, 1.54) is 12.8 Å². The summed E-state index contributed by atoms with van der Waals surface area (Å²) in [5.74, 6) is 2.63. The van der Waals surface area contributed by atoms with Gasteiger partial charge in [-0.25, -0.2) is 4.98 Å². The van der Waals surface area contributed by atoms with Crippen molar-refractivity contribution in [2.24, 2.45) is 0 Å². The molecule has 1 saturated heterocycles. The number of fused-ring (bicyclic) bond motifs is 1. The van der Waals surface area contributed by atoms with Crippen molar-refractivity contribution >= 4 is 11.0 Å². The summed E-state index contributed by atoms with van der Waals surface area (Å²) in [6.45, 7) is 1.11. The average Bonchev–Trinajstić information content (AvgIpc) is 3.44. The quantitative estimate of drug-likeness (QED) is 0.502. The monoisotopic (exact) mass is 359 g/mol. The van der Waals surface area contributed by atoms with Gasteiger partial charge in [-0.15, -0.1) is 0 Å². The van der Waals surface area contributed by atoms with Gasteiger partial charge < -0.3 is 15.0 Å². The fourth-order valence-electron chi connectivity index (χ4n) is 3.62. The minimum atomic E-state index is 0.537. The van der Waals surface area contributed by atoms with Crippen LogP contribution in [0.5, 0.6) is 11.5 Å². The largest absolute Gasteiger partial charge is 0.457 e. The predicted octanol–water partition coefficient (Wildman–Crippen LogP) is 4.04. The first-order valence-corrected chi connectivity index (χ1v) is 9.33. The number of aromatic amines is 2. The Kier molecular flexibility index (Phi) is 4.10. The van der Waals surface area contributed by atoms with Gasteiger partial charge in [0.15, 0.2) is 0 Å². The Bertz CT molecular complexity index is 1030. The molecule has 1 unspecified atom stereocenters. The zero-order valence-electron chi connectivity index (χ0n) is 14.9. The molecule has 3 heterocycles. The van der Waals surface area contributed by atoms with Crippen LogP contribution in [-0.4, -0.2) is 32.8 Å². The summed E-state index contributed by atoms with van der Waals surface area (Å²) in [5.41, 5.74) is 4.05. The first kappa shape index (κ1) is 16.1. The second-order valence-corrected chi connectivity index (χ2v) is 6.96. The van der Waals surface area contributed by atoms with E-state index in [9.17, 15) is 0 Å². The molecule has 1 aliphatic rings. The van der Waals surface area contributed by atoms with E-state index in [1.54, 1.807) is 6.20 Å². The van der Waals surface area contributed by atoms with E-state index < -0.39 is 0 Å². The van der Waals surface area contributed by atoms with E-state index >= 15 is 0 Å². The molecule has 5 rings (SSSR count). The molecule has 4 aromatic rings. The van der Waals surface area contributed by atoms with E-state index in [4.69, 9.17) is 9.72 Å².